The molecular weight excluding hydrogens is 366 g/mol. The summed E-state index contributed by atoms with van der Waals surface area (Å²) in [6, 6.07) is 11.0. The second kappa shape index (κ2) is 8.65. The molecule has 130 valence electrons. The van der Waals surface area contributed by atoms with E-state index < -0.39 is 17.6 Å². The van der Waals surface area contributed by atoms with Crippen LogP contribution in [0, 0.1) is 5.82 Å². The molecule has 2 aromatic carbocycles. The van der Waals surface area contributed by atoms with Crippen LogP contribution in [0.3, 0.4) is 0 Å². The smallest absolute Gasteiger partial charge is 0.246 e. The first kappa shape index (κ1) is 19.0. The molecule has 0 spiro atoms. The summed E-state index contributed by atoms with van der Waals surface area (Å²) in [7, 11) is 1.46. The number of hydrogen-bond acceptors (Lipinski definition) is 2. The Morgan fingerprint density at radius 1 is 1.12 bits per heavy atom. The third-order valence-electron chi connectivity index (χ3n) is 3.30. The van der Waals surface area contributed by atoms with E-state index in [1.807, 2.05) is 0 Å². The Morgan fingerprint density at radius 2 is 1.80 bits per heavy atom. The van der Waals surface area contributed by atoms with Gasteiger partial charge in [0.15, 0.2) is 0 Å². The van der Waals surface area contributed by atoms with Gasteiger partial charge in [-0.15, -0.1) is 0 Å². The minimum absolute atomic E-state index is 0.117. The number of anilines is 1. The molecule has 2 amide bonds. The van der Waals surface area contributed by atoms with Gasteiger partial charge in [0.25, 0.3) is 0 Å². The summed E-state index contributed by atoms with van der Waals surface area (Å²) < 4.78 is 13.7. The molecule has 25 heavy (non-hydrogen) atoms. The highest BCUT2D eigenvalue weighted by Gasteiger charge is 2.12. The van der Waals surface area contributed by atoms with Crippen molar-refractivity contribution in [2.24, 2.45) is 0 Å². The van der Waals surface area contributed by atoms with Crippen LogP contribution in [0.2, 0.25) is 10.0 Å². The first-order valence-corrected chi connectivity index (χ1v) is 8.05. The van der Waals surface area contributed by atoms with Crippen molar-refractivity contribution >= 4 is 46.8 Å². The van der Waals surface area contributed by atoms with Crippen LogP contribution in [0.5, 0.6) is 0 Å². The summed E-state index contributed by atoms with van der Waals surface area (Å²) in [5.41, 5.74) is 0.579. The lowest BCUT2D eigenvalue weighted by atomic mass is 10.2. The summed E-state index contributed by atoms with van der Waals surface area (Å²) in [5, 5.41) is 3.22. The van der Waals surface area contributed by atoms with Gasteiger partial charge >= 0.3 is 0 Å². The first-order valence-electron chi connectivity index (χ1n) is 7.30. The fourth-order valence-electron chi connectivity index (χ4n) is 2.00. The van der Waals surface area contributed by atoms with Crippen LogP contribution in [0.1, 0.15) is 5.56 Å². The average Bonchev–Trinajstić information content (AvgIpc) is 2.56. The molecule has 0 fully saturated rings. The highest BCUT2D eigenvalue weighted by atomic mass is 35.5. The number of para-hydroxylation sites is 1. The number of nitrogens with one attached hydrogen (secondary N) is 1. The van der Waals surface area contributed by atoms with E-state index >= 15 is 0 Å². The van der Waals surface area contributed by atoms with Crippen molar-refractivity contribution in [3.63, 3.8) is 0 Å². The molecule has 0 unspecified atom stereocenters. The molecule has 7 heteroatoms. The second-order valence-electron chi connectivity index (χ2n) is 5.19. The Hall–Kier alpha value is -2.37. The number of carbonyl (C=O) groups excluding carboxylic acids is 2. The quantitative estimate of drug-likeness (QED) is 0.788. The fraction of sp³-hybridized carbons (Fsp3) is 0.111. The highest BCUT2D eigenvalue weighted by molar-refractivity contribution is 6.33. The fourth-order valence-corrected chi connectivity index (χ4v) is 2.41. The van der Waals surface area contributed by atoms with Crippen LogP contribution in [0.25, 0.3) is 6.08 Å². The maximum atomic E-state index is 13.7. The van der Waals surface area contributed by atoms with E-state index in [-0.39, 0.29) is 17.1 Å². The van der Waals surface area contributed by atoms with Crippen LogP contribution in [0.4, 0.5) is 10.1 Å². The molecule has 4 nitrogen and oxygen atoms in total. The van der Waals surface area contributed by atoms with E-state index in [9.17, 15) is 14.0 Å². The molecule has 0 radical (unpaired) electrons. The monoisotopic (exact) mass is 380 g/mol. The molecule has 0 aromatic heterocycles. The molecule has 0 bridgehead atoms. The number of rotatable bonds is 5. The maximum Gasteiger partial charge on any atom is 0.246 e. The Bertz CT molecular complexity index is 804. The van der Waals surface area contributed by atoms with Crippen LogP contribution in [-0.2, 0) is 9.59 Å². The van der Waals surface area contributed by atoms with Gasteiger partial charge in [0.1, 0.15) is 5.82 Å². The van der Waals surface area contributed by atoms with Gasteiger partial charge < -0.3 is 10.2 Å². The number of nitrogens with zero attached hydrogens (tertiary/aromatic N) is 1. The van der Waals surface area contributed by atoms with Crippen molar-refractivity contribution in [2.75, 3.05) is 18.9 Å². The molecule has 0 atom stereocenters. The standard InChI is InChI=1S/C18H15Cl2FN2O2/c1-23(11-17(24)22-16-8-3-2-5-14(16)20)18(25)10-9-12-13(19)6-4-7-15(12)21/h2-10H,11H2,1H3,(H,22,24)/b10-9+. The first-order chi connectivity index (χ1) is 11.9. The van der Waals surface area contributed by atoms with Crippen molar-refractivity contribution < 1.29 is 14.0 Å². The van der Waals surface area contributed by atoms with Crippen LogP contribution >= 0.6 is 23.2 Å². The number of amides is 2. The van der Waals surface area contributed by atoms with E-state index in [2.05, 4.69) is 5.32 Å². The van der Waals surface area contributed by atoms with Gasteiger partial charge in [-0.25, -0.2) is 4.39 Å². The zero-order valence-corrected chi connectivity index (χ0v) is 14.8. The van der Waals surface area contributed by atoms with Gasteiger partial charge in [-0.3, -0.25) is 9.59 Å². The summed E-state index contributed by atoms with van der Waals surface area (Å²) in [4.78, 5) is 25.2. The molecule has 0 aliphatic carbocycles. The molecule has 1 N–H and O–H groups in total. The van der Waals surface area contributed by atoms with Crippen LogP contribution in [0.15, 0.2) is 48.5 Å². The van der Waals surface area contributed by atoms with Crippen molar-refractivity contribution in [3.05, 3.63) is 70.0 Å². The Labute approximate surface area is 154 Å². The Kier molecular flexibility index (Phi) is 6.56. The third kappa shape index (κ3) is 5.31. The highest BCUT2D eigenvalue weighted by Crippen LogP contribution is 2.21. The normalized spacial score (nSPS) is 10.7. The van der Waals surface area contributed by atoms with E-state index in [0.29, 0.717) is 10.7 Å². The maximum absolute atomic E-state index is 13.7. The Morgan fingerprint density at radius 3 is 2.48 bits per heavy atom. The molecule has 0 aliphatic rings. The summed E-state index contributed by atoms with van der Waals surface area (Å²) in [6.07, 6.45) is 2.44. The summed E-state index contributed by atoms with van der Waals surface area (Å²) >= 11 is 11.8. The third-order valence-corrected chi connectivity index (χ3v) is 3.96. The van der Waals surface area contributed by atoms with Gasteiger partial charge in [-0.1, -0.05) is 41.4 Å². The Balaban J connectivity index is 1.97. The van der Waals surface area contributed by atoms with Gasteiger partial charge in [-0.2, -0.15) is 0 Å². The van der Waals surface area contributed by atoms with Gasteiger partial charge in [0.2, 0.25) is 11.8 Å². The van der Waals surface area contributed by atoms with E-state index in [4.69, 9.17) is 23.2 Å². The van der Waals surface area contributed by atoms with Gasteiger partial charge in [-0.05, 0) is 30.3 Å². The van der Waals surface area contributed by atoms with Crippen molar-refractivity contribution in [1.82, 2.24) is 4.90 Å². The summed E-state index contributed by atoms with van der Waals surface area (Å²) in [5.74, 6) is -1.40. The van der Waals surface area contributed by atoms with E-state index in [1.165, 1.54) is 36.2 Å². The molecular formula is C18H15Cl2FN2O2. The molecule has 2 aromatic rings. The summed E-state index contributed by atoms with van der Waals surface area (Å²) in [6.45, 7) is -0.181. The topological polar surface area (TPSA) is 49.4 Å². The van der Waals surface area contributed by atoms with E-state index in [1.54, 1.807) is 24.3 Å². The van der Waals surface area contributed by atoms with Crippen LogP contribution in [-0.4, -0.2) is 30.3 Å². The van der Waals surface area contributed by atoms with Crippen molar-refractivity contribution in [2.45, 2.75) is 0 Å². The van der Waals surface area contributed by atoms with Gasteiger partial charge in [0.05, 0.1) is 22.3 Å². The average molecular weight is 381 g/mol. The second-order valence-corrected chi connectivity index (χ2v) is 6.01. The predicted molar refractivity (Wildman–Crippen MR) is 98.2 cm³/mol. The van der Waals surface area contributed by atoms with Crippen LogP contribution < -0.4 is 5.32 Å². The minimum Gasteiger partial charge on any atom is -0.333 e. The zero-order chi connectivity index (χ0) is 18.4. The predicted octanol–water partition coefficient (Wildman–Crippen LogP) is 4.24. The lowest BCUT2D eigenvalue weighted by Gasteiger charge is -2.15. The lowest BCUT2D eigenvalue weighted by molar-refractivity contribution is -0.129. The SMILES string of the molecule is CN(CC(=O)Nc1ccccc1Cl)C(=O)/C=C/c1c(F)cccc1Cl. The van der Waals surface area contributed by atoms with Crippen molar-refractivity contribution in [3.8, 4) is 0 Å². The molecule has 0 saturated heterocycles. The molecule has 0 heterocycles. The number of hydrogen-bond donors (Lipinski definition) is 1. The van der Waals surface area contributed by atoms with Crippen molar-refractivity contribution in [1.29, 1.82) is 0 Å². The largest absolute Gasteiger partial charge is 0.333 e. The molecule has 0 aliphatic heterocycles. The number of carbonyl (C=O) groups is 2. The molecule has 0 saturated carbocycles. The number of benzene rings is 2. The van der Waals surface area contributed by atoms with Gasteiger partial charge in [0, 0.05) is 18.7 Å². The zero-order valence-electron chi connectivity index (χ0n) is 13.3. The molecule has 2 rings (SSSR count). The van der Waals surface area contributed by atoms with E-state index in [0.717, 1.165) is 6.08 Å². The number of halogens is 3. The number of likely N-dealkylation sites (N-methyl/N-ethyl adjacent to an activating group) is 1. The lowest BCUT2D eigenvalue weighted by Crippen LogP contribution is -2.33. The minimum atomic E-state index is -0.532.